The van der Waals surface area contributed by atoms with E-state index in [4.69, 9.17) is 9.90 Å². The van der Waals surface area contributed by atoms with Crippen LogP contribution in [0.15, 0.2) is 18.2 Å². The fourth-order valence-electron chi connectivity index (χ4n) is 2.38. The highest BCUT2D eigenvalue weighted by molar-refractivity contribution is 5.96. The van der Waals surface area contributed by atoms with Crippen LogP contribution in [0.2, 0.25) is 0 Å². The number of rotatable bonds is 1. The Morgan fingerprint density at radius 3 is 2.19 bits per heavy atom. The Kier molecular flexibility index (Phi) is 7.24. The number of aliphatic carboxylic acids is 1. The maximum absolute atomic E-state index is 13.0. The lowest BCUT2D eigenvalue weighted by molar-refractivity contribution is -0.192. The van der Waals surface area contributed by atoms with Crippen molar-refractivity contribution >= 4 is 11.9 Å². The SMILES string of the molecule is Cc1cccc(C(=O)N2CCNCC2C(F)(F)F)c1C.O=C(O)C(F)(F)F. The first-order valence-electron chi connectivity index (χ1n) is 7.71. The molecular formula is C16H18F6N2O3. The van der Waals surface area contributed by atoms with Crippen LogP contribution in [0.5, 0.6) is 0 Å². The zero-order valence-corrected chi connectivity index (χ0v) is 14.4. The summed E-state index contributed by atoms with van der Waals surface area (Å²) in [6, 6.07) is 3.36. The molecule has 0 aromatic heterocycles. The van der Waals surface area contributed by atoms with Gasteiger partial charge in [-0.2, -0.15) is 26.3 Å². The topological polar surface area (TPSA) is 69.6 Å². The van der Waals surface area contributed by atoms with E-state index in [0.717, 1.165) is 16.0 Å². The molecule has 1 aliphatic rings. The molecule has 1 aromatic rings. The number of carbonyl (C=O) groups is 2. The predicted octanol–water partition coefficient (Wildman–Crippen LogP) is 2.91. The summed E-state index contributed by atoms with van der Waals surface area (Å²) >= 11 is 0. The Hall–Kier alpha value is -2.30. The number of halogens is 6. The van der Waals surface area contributed by atoms with Gasteiger partial charge in [0.25, 0.3) is 5.91 Å². The summed E-state index contributed by atoms with van der Waals surface area (Å²) in [7, 11) is 0. The van der Waals surface area contributed by atoms with Crippen LogP contribution in [0.4, 0.5) is 26.3 Å². The third-order valence-corrected chi connectivity index (χ3v) is 3.96. The highest BCUT2D eigenvalue weighted by Gasteiger charge is 2.46. The molecule has 0 radical (unpaired) electrons. The van der Waals surface area contributed by atoms with E-state index in [2.05, 4.69) is 5.32 Å². The molecule has 2 rings (SSSR count). The lowest BCUT2D eigenvalue weighted by Crippen LogP contribution is -2.59. The molecule has 27 heavy (non-hydrogen) atoms. The minimum absolute atomic E-state index is 0.0659. The molecule has 1 aromatic carbocycles. The van der Waals surface area contributed by atoms with Crippen molar-refractivity contribution in [1.29, 1.82) is 0 Å². The lowest BCUT2D eigenvalue weighted by atomic mass is 10.0. The van der Waals surface area contributed by atoms with Gasteiger partial charge in [0.05, 0.1) is 0 Å². The van der Waals surface area contributed by atoms with Crippen molar-refractivity contribution in [3.05, 3.63) is 34.9 Å². The Bertz CT molecular complexity index is 688. The molecule has 1 unspecified atom stereocenters. The van der Waals surface area contributed by atoms with Gasteiger partial charge in [0.1, 0.15) is 6.04 Å². The smallest absolute Gasteiger partial charge is 0.475 e. The molecule has 0 saturated carbocycles. The van der Waals surface area contributed by atoms with E-state index in [1.807, 2.05) is 13.0 Å². The molecule has 1 heterocycles. The van der Waals surface area contributed by atoms with Crippen LogP contribution in [0, 0.1) is 13.8 Å². The molecule has 1 saturated heterocycles. The summed E-state index contributed by atoms with van der Waals surface area (Å²) in [6.45, 7) is 3.79. The van der Waals surface area contributed by atoms with Crippen LogP contribution < -0.4 is 5.32 Å². The van der Waals surface area contributed by atoms with E-state index in [1.54, 1.807) is 19.1 Å². The first kappa shape index (κ1) is 22.7. The molecule has 11 heteroatoms. The zero-order chi connectivity index (χ0) is 21.0. The van der Waals surface area contributed by atoms with Crippen molar-refractivity contribution in [2.75, 3.05) is 19.6 Å². The number of aryl methyl sites for hydroxylation is 1. The van der Waals surface area contributed by atoms with Gasteiger partial charge in [0.2, 0.25) is 0 Å². The Morgan fingerprint density at radius 1 is 1.15 bits per heavy atom. The second-order valence-electron chi connectivity index (χ2n) is 5.81. The number of amides is 1. The maximum Gasteiger partial charge on any atom is 0.490 e. The van der Waals surface area contributed by atoms with Crippen molar-refractivity contribution in [3.8, 4) is 0 Å². The molecule has 2 N–H and O–H groups in total. The first-order valence-corrected chi connectivity index (χ1v) is 7.71. The van der Waals surface area contributed by atoms with Crippen molar-refractivity contribution in [1.82, 2.24) is 10.2 Å². The number of piperazine rings is 1. The maximum atomic E-state index is 13.0. The third-order valence-electron chi connectivity index (χ3n) is 3.96. The van der Waals surface area contributed by atoms with Crippen molar-refractivity contribution in [2.24, 2.45) is 0 Å². The van der Waals surface area contributed by atoms with Crippen LogP contribution in [0.25, 0.3) is 0 Å². The number of hydrogen-bond donors (Lipinski definition) is 2. The molecule has 0 aliphatic carbocycles. The Balaban J connectivity index is 0.000000445. The van der Waals surface area contributed by atoms with Crippen molar-refractivity contribution < 1.29 is 41.0 Å². The van der Waals surface area contributed by atoms with E-state index in [0.29, 0.717) is 12.1 Å². The number of benzene rings is 1. The number of carboxylic acid groups (broad SMARTS) is 1. The number of carboxylic acids is 1. The summed E-state index contributed by atoms with van der Waals surface area (Å²) in [5.41, 5.74) is 1.98. The molecule has 1 fully saturated rings. The van der Waals surface area contributed by atoms with Gasteiger partial charge < -0.3 is 15.3 Å². The second kappa shape index (κ2) is 8.59. The highest BCUT2D eigenvalue weighted by Crippen LogP contribution is 2.27. The van der Waals surface area contributed by atoms with Gasteiger partial charge in [-0.3, -0.25) is 4.79 Å². The minimum Gasteiger partial charge on any atom is -0.475 e. The van der Waals surface area contributed by atoms with E-state index >= 15 is 0 Å². The van der Waals surface area contributed by atoms with Gasteiger partial charge >= 0.3 is 18.3 Å². The van der Waals surface area contributed by atoms with Gasteiger partial charge in [-0.15, -0.1) is 0 Å². The van der Waals surface area contributed by atoms with Crippen LogP contribution in [-0.4, -0.2) is 59.9 Å². The van der Waals surface area contributed by atoms with Crippen LogP contribution in [0.1, 0.15) is 21.5 Å². The average molecular weight is 400 g/mol. The summed E-state index contributed by atoms with van der Waals surface area (Å²) in [5.74, 6) is -3.30. The van der Waals surface area contributed by atoms with Crippen LogP contribution in [-0.2, 0) is 4.79 Å². The van der Waals surface area contributed by atoms with Gasteiger partial charge in [-0.25, -0.2) is 4.79 Å². The summed E-state index contributed by atoms with van der Waals surface area (Å²) in [4.78, 5) is 22.3. The fraction of sp³-hybridized carbons (Fsp3) is 0.500. The van der Waals surface area contributed by atoms with Gasteiger partial charge in [-0.05, 0) is 31.0 Å². The largest absolute Gasteiger partial charge is 0.490 e. The second-order valence-corrected chi connectivity index (χ2v) is 5.81. The van der Waals surface area contributed by atoms with Crippen molar-refractivity contribution in [2.45, 2.75) is 32.2 Å². The lowest BCUT2D eigenvalue weighted by Gasteiger charge is -2.37. The monoisotopic (exact) mass is 400 g/mol. The number of nitrogens with zero attached hydrogens (tertiary/aromatic N) is 1. The molecular weight excluding hydrogens is 382 g/mol. The van der Waals surface area contributed by atoms with E-state index in [1.165, 1.54) is 0 Å². The molecule has 0 bridgehead atoms. The Labute approximate surface area is 151 Å². The van der Waals surface area contributed by atoms with Crippen LogP contribution in [0.3, 0.4) is 0 Å². The minimum atomic E-state index is -5.08. The summed E-state index contributed by atoms with van der Waals surface area (Å²) in [5, 5.41) is 9.81. The Morgan fingerprint density at radius 2 is 1.70 bits per heavy atom. The number of nitrogens with one attached hydrogen (secondary N) is 1. The first-order chi connectivity index (χ1) is 12.3. The fourth-order valence-corrected chi connectivity index (χ4v) is 2.38. The molecule has 1 atom stereocenters. The molecule has 0 spiro atoms. The molecule has 5 nitrogen and oxygen atoms in total. The van der Waals surface area contributed by atoms with Gasteiger partial charge in [-0.1, -0.05) is 12.1 Å². The van der Waals surface area contributed by atoms with Gasteiger partial charge in [0.15, 0.2) is 0 Å². The van der Waals surface area contributed by atoms with Gasteiger partial charge in [0, 0.05) is 25.2 Å². The highest BCUT2D eigenvalue weighted by atomic mass is 19.4. The number of alkyl halides is 6. The summed E-state index contributed by atoms with van der Waals surface area (Å²) < 4.78 is 70.8. The molecule has 152 valence electrons. The molecule has 1 amide bonds. The standard InChI is InChI=1S/C14H17F3N2O.C2HF3O2/c1-9-4-3-5-11(10(9)2)13(20)19-7-6-18-8-12(19)14(15,16)17;3-2(4,5)1(6)7/h3-5,12,18H,6-8H2,1-2H3;(H,6,7). The number of hydrogen-bond acceptors (Lipinski definition) is 3. The number of carbonyl (C=O) groups excluding carboxylic acids is 1. The average Bonchev–Trinajstić information content (AvgIpc) is 2.55. The quantitative estimate of drug-likeness (QED) is 0.712. The van der Waals surface area contributed by atoms with E-state index in [9.17, 15) is 31.1 Å². The van der Waals surface area contributed by atoms with E-state index < -0.39 is 30.3 Å². The van der Waals surface area contributed by atoms with E-state index in [-0.39, 0.29) is 13.1 Å². The zero-order valence-electron chi connectivity index (χ0n) is 14.4. The third kappa shape index (κ3) is 6.12. The van der Waals surface area contributed by atoms with Crippen LogP contribution >= 0.6 is 0 Å². The predicted molar refractivity (Wildman–Crippen MR) is 83.4 cm³/mol. The normalized spacial score (nSPS) is 17.8. The molecule has 1 aliphatic heterocycles. The summed E-state index contributed by atoms with van der Waals surface area (Å²) in [6.07, 6.45) is -9.50. The van der Waals surface area contributed by atoms with Crippen molar-refractivity contribution in [3.63, 3.8) is 0 Å².